The summed E-state index contributed by atoms with van der Waals surface area (Å²) in [5, 5.41) is 0. The first-order chi connectivity index (χ1) is 4.23. The zero-order chi connectivity index (χ0) is 6.91. The van der Waals surface area contributed by atoms with Crippen LogP contribution in [0.15, 0.2) is 0 Å². The highest BCUT2D eigenvalue weighted by Crippen LogP contribution is 2.44. The van der Waals surface area contributed by atoms with E-state index in [1.54, 1.807) is 0 Å². The van der Waals surface area contributed by atoms with Crippen molar-refractivity contribution >= 4 is 0 Å². The van der Waals surface area contributed by atoms with Gasteiger partial charge < -0.3 is 5.73 Å². The van der Waals surface area contributed by atoms with E-state index in [0.29, 0.717) is 12.5 Å². The summed E-state index contributed by atoms with van der Waals surface area (Å²) < 4.78 is 12.3. The van der Waals surface area contributed by atoms with Gasteiger partial charge in [0.05, 0.1) is 6.67 Å². The van der Waals surface area contributed by atoms with Crippen LogP contribution in [-0.2, 0) is 0 Å². The van der Waals surface area contributed by atoms with Gasteiger partial charge in [0.25, 0.3) is 0 Å². The van der Waals surface area contributed by atoms with Crippen molar-refractivity contribution in [1.82, 2.24) is 0 Å². The average Bonchev–Trinajstić information content (AvgIpc) is 2.68. The molecule has 2 N–H and O–H groups in total. The van der Waals surface area contributed by atoms with Gasteiger partial charge in [0.15, 0.2) is 0 Å². The fourth-order valence-corrected chi connectivity index (χ4v) is 1.11. The smallest absolute Gasteiger partial charge is 0.0962 e. The van der Waals surface area contributed by atoms with E-state index in [0.717, 1.165) is 0 Å². The third-order valence-electron chi connectivity index (χ3n) is 2.33. The number of hydrogen-bond acceptors (Lipinski definition) is 1. The Morgan fingerprint density at radius 2 is 2.22 bits per heavy atom. The molecular weight excluding hydrogens is 117 g/mol. The van der Waals surface area contributed by atoms with E-state index in [1.807, 2.05) is 6.92 Å². The highest BCUT2D eigenvalue weighted by atomic mass is 19.1. The van der Waals surface area contributed by atoms with Crippen molar-refractivity contribution in [3.8, 4) is 0 Å². The molecule has 9 heavy (non-hydrogen) atoms. The summed E-state index contributed by atoms with van der Waals surface area (Å²) in [6.07, 6.45) is 2.36. The molecule has 1 saturated carbocycles. The minimum absolute atomic E-state index is 0.194. The Kier molecular flexibility index (Phi) is 1.75. The van der Waals surface area contributed by atoms with E-state index >= 15 is 0 Å². The zero-order valence-electron chi connectivity index (χ0n) is 5.86. The summed E-state index contributed by atoms with van der Waals surface area (Å²) in [6.45, 7) is 2.17. The van der Waals surface area contributed by atoms with Crippen LogP contribution in [0, 0.1) is 11.3 Å². The fourth-order valence-electron chi connectivity index (χ4n) is 1.11. The van der Waals surface area contributed by atoms with Crippen LogP contribution in [0.5, 0.6) is 0 Å². The van der Waals surface area contributed by atoms with Gasteiger partial charge in [0, 0.05) is 12.0 Å². The Bertz CT molecular complexity index is 95.1. The van der Waals surface area contributed by atoms with Crippen LogP contribution >= 0.6 is 0 Å². The lowest BCUT2D eigenvalue weighted by Crippen LogP contribution is -2.31. The van der Waals surface area contributed by atoms with Crippen LogP contribution in [0.3, 0.4) is 0 Å². The first-order valence-corrected chi connectivity index (χ1v) is 3.49. The Morgan fingerprint density at radius 1 is 1.67 bits per heavy atom. The molecule has 0 amide bonds. The van der Waals surface area contributed by atoms with Crippen molar-refractivity contribution in [2.45, 2.75) is 19.8 Å². The molecule has 0 bridgehead atoms. The van der Waals surface area contributed by atoms with Crippen LogP contribution in [-0.4, -0.2) is 13.2 Å². The molecule has 0 spiro atoms. The van der Waals surface area contributed by atoms with Gasteiger partial charge in [-0.1, -0.05) is 6.92 Å². The van der Waals surface area contributed by atoms with Gasteiger partial charge in [0.2, 0.25) is 0 Å². The van der Waals surface area contributed by atoms with Gasteiger partial charge >= 0.3 is 0 Å². The topological polar surface area (TPSA) is 26.0 Å². The molecule has 1 atom stereocenters. The Balaban J connectivity index is 2.43. The number of rotatable bonds is 3. The van der Waals surface area contributed by atoms with E-state index in [-0.39, 0.29) is 12.1 Å². The van der Waals surface area contributed by atoms with Gasteiger partial charge in [0.1, 0.15) is 0 Å². The molecule has 1 unspecified atom stereocenters. The highest BCUT2D eigenvalue weighted by Gasteiger charge is 2.40. The molecule has 0 aromatic carbocycles. The van der Waals surface area contributed by atoms with Gasteiger partial charge in [-0.2, -0.15) is 0 Å². The van der Waals surface area contributed by atoms with Gasteiger partial charge in [-0.15, -0.1) is 0 Å². The molecule has 0 aliphatic heterocycles. The number of nitrogens with two attached hydrogens (primary N) is 1. The summed E-state index contributed by atoms with van der Waals surface area (Å²) >= 11 is 0. The predicted octanol–water partition coefficient (Wildman–Crippen LogP) is 1.33. The van der Waals surface area contributed by atoms with Gasteiger partial charge in [-0.3, -0.25) is 4.39 Å². The van der Waals surface area contributed by atoms with Crippen molar-refractivity contribution in [1.29, 1.82) is 0 Å². The molecule has 1 rings (SSSR count). The minimum atomic E-state index is -0.256. The molecule has 1 fully saturated rings. The Morgan fingerprint density at radius 3 is 2.33 bits per heavy atom. The SMILES string of the molecule is CC(CN)(CF)C1CC1. The van der Waals surface area contributed by atoms with Crippen molar-refractivity contribution < 1.29 is 4.39 Å². The monoisotopic (exact) mass is 131 g/mol. The lowest BCUT2D eigenvalue weighted by molar-refractivity contribution is 0.205. The van der Waals surface area contributed by atoms with Crippen molar-refractivity contribution in [2.75, 3.05) is 13.2 Å². The van der Waals surface area contributed by atoms with Crippen LogP contribution in [0.1, 0.15) is 19.8 Å². The second-order valence-corrected chi connectivity index (χ2v) is 3.27. The van der Waals surface area contributed by atoms with E-state index in [2.05, 4.69) is 0 Å². The first-order valence-electron chi connectivity index (χ1n) is 3.49. The van der Waals surface area contributed by atoms with Gasteiger partial charge in [-0.05, 0) is 18.8 Å². The highest BCUT2D eigenvalue weighted by molar-refractivity contribution is 4.91. The molecule has 0 aromatic rings. The van der Waals surface area contributed by atoms with E-state index in [1.165, 1.54) is 12.8 Å². The fraction of sp³-hybridized carbons (Fsp3) is 1.00. The lowest BCUT2D eigenvalue weighted by atomic mass is 9.87. The third-order valence-corrected chi connectivity index (χ3v) is 2.33. The van der Waals surface area contributed by atoms with Crippen LogP contribution in [0.4, 0.5) is 4.39 Å². The van der Waals surface area contributed by atoms with E-state index in [4.69, 9.17) is 5.73 Å². The maximum atomic E-state index is 12.3. The summed E-state index contributed by atoms with van der Waals surface area (Å²) in [6, 6.07) is 0. The summed E-state index contributed by atoms with van der Waals surface area (Å²) in [5.41, 5.74) is 5.22. The molecular formula is C7H14FN. The normalized spacial score (nSPS) is 25.7. The van der Waals surface area contributed by atoms with Crippen molar-refractivity contribution in [3.05, 3.63) is 0 Å². The molecule has 1 aliphatic carbocycles. The quantitative estimate of drug-likeness (QED) is 0.614. The average molecular weight is 131 g/mol. The molecule has 2 heteroatoms. The Labute approximate surface area is 55.4 Å². The maximum absolute atomic E-state index is 12.3. The second-order valence-electron chi connectivity index (χ2n) is 3.27. The van der Waals surface area contributed by atoms with Gasteiger partial charge in [-0.25, -0.2) is 0 Å². The first kappa shape index (κ1) is 7.00. The molecule has 0 radical (unpaired) electrons. The van der Waals surface area contributed by atoms with Crippen LogP contribution in [0.25, 0.3) is 0 Å². The number of hydrogen-bond donors (Lipinski definition) is 1. The Hall–Kier alpha value is -0.110. The largest absolute Gasteiger partial charge is 0.330 e. The molecule has 54 valence electrons. The maximum Gasteiger partial charge on any atom is 0.0962 e. The predicted molar refractivity (Wildman–Crippen MR) is 35.9 cm³/mol. The summed E-state index contributed by atoms with van der Waals surface area (Å²) in [4.78, 5) is 0. The second kappa shape index (κ2) is 2.25. The molecule has 1 aliphatic rings. The van der Waals surface area contributed by atoms with Crippen molar-refractivity contribution in [2.24, 2.45) is 17.1 Å². The van der Waals surface area contributed by atoms with E-state index in [9.17, 15) is 4.39 Å². The summed E-state index contributed by atoms with van der Waals surface area (Å²) in [7, 11) is 0. The molecule has 0 aromatic heterocycles. The van der Waals surface area contributed by atoms with Crippen LogP contribution in [0.2, 0.25) is 0 Å². The number of halogens is 1. The molecule has 1 nitrogen and oxygen atoms in total. The third kappa shape index (κ3) is 1.23. The lowest BCUT2D eigenvalue weighted by Gasteiger charge is -2.23. The van der Waals surface area contributed by atoms with E-state index < -0.39 is 0 Å². The molecule has 0 heterocycles. The minimum Gasteiger partial charge on any atom is -0.330 e. The standard InChI is InChI=1S/C7H14FN/c1-7(4-8,5-9)6-2-3-6/h6H,2-5,9H2,1H3. The number of alkyl halides is 1. The van der Waals surface area contributed by atoms with Crippen LogP contribution < -0.4 is 5.73 Å². The zero-order valence-corrected chi connectivity index (χ0v) is 5.86. The molecule has 0 saturated heterocycles. The van der Waals surface area contributed by atoms with Crippen molar-refractivity contribution in [3.63, 3.8) is 0 Å². The summed E-state index contributed by atoms with van der Waals surface area (Å²) in [5.74, 6) is 0.576.